The summed E-state index contributed by atoms with van der Waals surface area (Å²) >= 11 is 4.40. The Kier molecular flexibility index (Phi) is 6.38. The second kappa shape index (κ2) is 8.99. The molecule has 0 atom stereocenters. The summed E-state index contributed by atoms with van der Waals surface area (Å²) in [4.78, 5) is 22.9. The number of aromatic nitrogens is 2. The number of carbonyl (C=O) groups is 1. The zero-order chi connectivity index (χ0) is 24.7. The summed E-state index contributed by atoms with van der Waals surface area (Å²) in [7, 11) is 0. The lowest BCUT2D eigenvalue weighted by atomic mass is 10.0. The molecular weight excluding hydrogens is 548 g/mol. The molecule has 4 aromatic rings. The van der Waals surface area contributed by atoms with Crippen LogP contribution in [0.4, 0.5) is 31.5 Å². The molecule has 2 heterocycles. The molecule has 0 fully saturated rings. The van der Waals surface area contributed by atoms with E-state index in [1.807, 2.05) is 0 Å². The van der Waals surface area contributed by atoms with Gasteiger partial charge in [0.2, 0.25) is 0 Å². The van der Waals surface area contributed by atoms with E-state index < -0.39 is 35.0 Å². The molecule has 0 saturated heterocycles. The maximum absolute atomic E-state index is 13.4. The van der Waals surface area contributed by atoms with Crippen LogP contribution < -0.4 is 4.90 Å². The molecule has 0 saturated carbocycles. The van der Waals surface area contributed by atoms with Gasteiger partial charge in [-0.15, -0.1) is 0 Å². The summed E-state index contributed by atoms with van der Waals surface area (Å²) in [6.07, 6.45) is -8.70. The number of pyridine rings is 1. The van der Waals surface area contributed by atoms with Gasteiger partial charge < -0.3 is 0 Å². The van der Waals surface area contributed by atoms with Crippen LogP contribution in [0.3, 0.4) is 0 Å². The Morgan fingerprint density at radius 3 is 2.21 bits per heavy atom. The number of nitrogens with zero attached hydrogens (tertiary/aromatic N) is 3. The summed E-state index contributed by atoms with van der Waals surface area (Å²) in [5, 5.41) is 0.106. The van der Waals surface area contributed by atoms with Crippen LogP contribution in [0.25, 0.3) is 10.2 Å². The fourth-order valence-corrected chi connectivity index (χ4v) is 4.63. The van der Waals surface area contributed by atoms with Crippen LogP contribution in [0.15, 0.2) is 65.3 Å². The van der Waals surface area contributed by atoms with Gasteiger partial charge in [0, 0.05) is 16.2 Å². The fraction of sp³-hybridized carbons (Fsp3) is 0.136. The van der Waals surface area contributed by atoms with Gasteiger partial charge in [-0.25, -0.2) is 4.98 Å². The summed E-state index contributed by atoms with van der Waals surface area (Å²) in [5.74, 6) is -1.07. The van der Waals surface area contributed by atoms with Crippen LogP contribution in [0.5, 0.6) is 0 Å². The first-order chi connectivity index (χ1) is 15.9. The first-order valence-corrected chi connectivity index (χ1v) is 11.1. The lowest BCUT2D eigenvalue weighted by molar-refractivity contribution is -0.143. The Morgan fingerprint density at radius 2 is 1.62 bits per heavy atom. The standard InChI is InChI=1S/C22H12BrF6N3OS/c23-15-4-5-17-18(10-15)34-20(31-17)32(11-16-3-1-2-6-30-16)19(33)12-7-13(21(24,25)26)9-14(8-12)22(27,28)29/h1-10H,11H2. The van der Waals surface area contributed by atoms with Crippen LogP contribution in [0.2, 0.25) is 0 Å². The first kappa shape index (κ1) is 24.1. The van der Waals surface area contributed by atoms with E-state index in [0.29, 0.717) is 28.0 Å². The van der Waals surface area contributed by atoms with Crippen molar-refractivity contribution < 1.29 is 31.1 Å². The lowest BCUT2D eigenvalue weighted by Crippen LogP contribution is -2.31. The Bertz CT molecular complexity index is 1320. The first-order valence-electron chi connectivity index (χ1n) is 9.49. The Balaban J connectivity index is 1.85. The molecule has 4 nitrogen and oxygen atoms in total. The number of fused-ring (bicyclic) bond motifs is 1. The number of amides is 1. The highest BCUT2D eigenvalue weighted by Crippen LogP contribution is 2.38. The number of thiazole rings is 1. The molecule has 0 aliphatic rings. The maximum Gasteiger partial charge on any atom is 0.416 e. The number of alkyl halides is 6. The van der Waals surface area contributed by atoms with E-state index in [9.17, 15) is 31.1 Å². The van der Waals surface area contributed by atoms with Gasteiger partial charge in [-0.05, 0) is 48.5 Å². The minimum atomic E-state index is -5.08. The van der Waals surface area contributed by atoms with Gasteiger partial charge in [0.15, 0.2) is 5.13 Å². The van der Waals surface area contributed by atoms with Gasteiger partial charge in [0.05, 0.1) is 33.6 Å². The highest BCUT2D eigenvalue weighted by atomic mass is 79.9. The molecule has 0 radical (unpaired) electrons. The molecule has 12 heteroatoms. The summed E-state index contributed by atoms with van der Waals surface area (Å²) in [6, 6.07) is 10.8. The van der Waals surface area contributed by atoms with Gasteiger partial charge in [-0.3, -0.25) is 14.7 Å². The third-order valence-electron chi connectivity index (χ3n) is 4.70. The van der Waals surface area contributed by atoms with Crippen LogP contribution >= 0.6 is 27.3 Å². The van der Waals surface area contributed by atoms with E-state index in [0.717, 1.165) is 20.7 Å². The molecule has 0 aliphatic heterocycles. The van der Waals surface area contributed by atoms with Crippen molar-refractivity contribution in [2.24, 2.45) is 0 Å². The molecule has 0 aliphatic carbocycles. The maximum atomic E-state index is 13.4. The molecule has 34 heavy (non-hydrogen) atoms. The van der Waals surface area contributed by atoms with Crippen molar-refractivity contribution in [2.75, 3.05) is 4.90 Å². The van der Waals surface area contributed by atoms with Crippen molar-refractivity contribution in [3.8, 4) is 0 Å². The largest absolute Gasteiger partial charge is 0.416 e. The second-order valence-electron chi connectivity index (χ2n) is 7.12. The van der Waals surface area contributed by atoms with E-state index in [4.69, 9.17) is 0 Å². The van der Waals surface area contributed by atoms with Crippen LogP contribution in [-0.4, -0.2) is 15.9 Å². The molecule has 4 rings (SSSR count). The third-order valence-corrected chi connectivity index (χ3v) is 6.23. The van der Waals surface area contributed by atoms with Gasteiger partial charge in [0.1, 0.15) is 0 Å². The Morgan fingerprint density at radius 1 is 0.941 bits per heavy atom. The third kappa shape index (κ3) is 5.22. The number of halogens is 7. The predicted molar refractivity (Wildman–Crippen MR) is 119 cm³/mol. The topological polar surface area (TPSA) is 46.1 Å². The normalized spacial score (nSPS) is 12.2. The van der Waals surface area contributed by atoms with E-state index in [2.05, 4.69) is 25.9 Å². The molecule has 0 unspecified atom stereocenters. The summed E-state index contributed by atoms with van der Waals surface area (Å²) in [5.41, 5.74) is -3.02. The smallest absolute Gasteiger partial charge is 0.278 e. The number of hydrogen-bond donors (Lipinski definition) is 0. The van der Waals surface area contributed by atoms with E-state index in [1.54, 1.807) is 36.4 Å². The average molecular weight is 560 g/mol. The monoisotopic (exact) mass is 559 g/mol. The van der Waals surface area contributed by atoms with Gasteiger partial charge in [-0.1, -0.05) is 33.3 Å². The van der Waals surface area contributed by atoms with Crippen LogP contribution in [-0.2, 0) is 18.9 Å². The second-order valence-corrected chi connectivity index (χ2v) is 9.04. The number of hydrogen-bond acceptors (Lipinski definition) is 4. The Labute approximate surface area is 201 Å². The minimum Gasteiger partial charge on any atom is -0.278 e. The van der Waals surface area contributed by atoms with E-state index in [1.165, 1.54) is 6.20 Å². The molecule has 0 spiro atoms. The van der Waals surface area contributed by atoms with Crippen molar-refractivity contribution in [3.63, 3.8) is 0 Å². The molecular formula is C22H12BrF6N3OS. The van der Waals surface area contributed by atoms with Gasteiger partial charge >= 0.3 is 12.4 Å². The van der Waals surface area contributed by atoms with Gasteiger partial charge in [0.25, 0.3) is 5.91 Å². The van der Waals surface area contributed by atoms with Crippen LogP contribution in [0, 0.1) is 0 Å². The average Bonchev–Trinajstić information content (AvgIpc) is 3.19. The van der Waals surface area contributed by atoms with Crippen LogP contribution in [0.1, 0.15) is 27.2 Å². The van der Waals surface area contributed by atoms with Crippen molar-refractivity contribution in [1.82, 2.24) is 9.97 Å². The van der Waals surface area contributed by atoms with Crippen molar-refractivity contribution in [1.29, 1.82) is 0 Å². The fourth-order valence-electron chi connectivity index (χ4n) is 3.12. The Hall–Kier alpha value is -2.99. The predicted octanol–water partition coefficient (Wildman–Crippen LogP) is 7.34. The lowest BCUT2D eigenvalue weighted by Gasteiger charge is -2.21. The quantitative estimate of drug-likeness (QED) is 0.246. The zero-order valence-corrected chi connectivity index (χ0v) is 19.2. The number of anilines is 1. The minimum absolute atomic E-state index is 0.0188. The van der Waals surface area contributed by atoms with Crippen molar-refractivity contribution in [2.45, 2.75) is 18.9 Å². The zero-order valence-electron chi connectivity index (χ0n) is 16.8. The number of benzene rings is 2. The SMILES string of the molecule is O=C(c1cc(C(F)(F)F)cc(C(F)(F)F)c1)N(Cc1ccccn1)c1nc2ccc(Br)cc2s1. The molecule has 0 bridgehead atoms. The highest BCUT2D eigenvalue weighted by molar-refractivity contribution is 9.10. The van der Waals surface area contributed by atoms with E-state index in [-0.39, 0.29) is 17.7 Å². The van der Waals surface area contributed by atoms with Gasteiger partial charge in [-0.2, -0.15) is 26.3 Å². The summed E-state index contributed by atoms with van der Waals surface area (Å²) in [6.45, 7) is -0.210. The highest BCUT2D eigenvalue weighted by Gasteiger charge is 2.38. The van der Waals surface area contributed by atoms with E-state index >= 15 is 0 Å². The van der Waals surface area contributed by atoms with Crippen molar-refractivity contribution >= 4 is 48.5 Å². The number of carbonyl (C=O) groups excluding carboxylic acids is 1. The molecule has 2 aromatic carbocycles. The molecule has 1 amide bonds. The number of rotatable bonds is 4. The molecule has 2 aromatic heterocycles. The summed E-state index contributed by atoms with van der Waals surface area (Å²) < 4.78 is 81.4. The molecule has 0 N–H and O–H groups in total. The van der Waals surface area contributed by atoms with Crippen molar-refractivity contribution in [3.05, 3.63) is 87.7 Å². The molecule has 176 valence electrons.